The van der Waals surface area contributed by atoms with E-state index in [2.05, 4.69) is 5.32 Å². The fourth-order valence-electron chi connectivity index (χ4n) is 1.11. The van der Waals surface area contributed by atoms with Crippen LogP contribution in [0.3, 0.4) is 0 Å². The predicted molar refractivity (Wildman–Crippen MR) is 56.4 cm³/mol. The van der Waals surface area contributed by atoms with Crippen LogP contribution in [0.4, 0.5) is 14.5 Å². The first-order valence-corrected chi connectivity index (χ1v) is 4.59. The normalized spacial score (nSPS) is 10.7. The molecule has 0 atom stereocenters. The molecule has 86 valence electrons. The van der Waals surface area contributed by atoms with Gasteiger partial charge in [-0.15, -0.1) is 0 Å². The summed E-state index contributed by atoms with van der Waals surface area (Å²) in [6.07, 6.45) is 2.23. The molecule has 1 aromatic rings. The Morgan fingerprint density at radius 2 is 2.12 bits per heavy atom. The van der Waals surface area contributed by atoms with Gasteiger partial charge in [0.05, 0.1) is 5.69 Å². The summed E-state index contributed by atoms with van der Waals surface area (Å²) >= 11 is 0. The highest BCUT2D eigenvalue weighted by Crippen LogP contribution is 2.18. The number of benzene rings is 1. The van der Waals surface area contributed by atoms with Crippen molar-refractivity contribution < 1.29 is 18.7 Å². The van der Waals surface area contributed by atoms with E-state index in [1.54, 1.807) is 0 Å². The minimum atomic E-state index is -1.09. The van der Waals surface area contributed by atoms with Crippen LogP contribution in [0, 0.1) is 18.6 Å². The Labute approximate surface area is 91.4 Å². The van der Waals surface area contributed by atoms with Crippen LogP contribution >= 0.6 is 0 Å². The van der Waals surface area contributed by atoms with Gasteiger partial charge in [0, 0.05) is 18.7 Å². The van der Waals surface area contributed by atoms with Crippen LogP contribution in [0.25, 0.3) is 0 Å². The van der Waals surface area contributed by atoms with Gasteiger partial charge in [0.25, 0.3) is 0 Å². The Morgan fingerprint density at radius 1 is 1.44 bits per heavy atom. The molecule has 0 unspecified atom stereocenters. The largest absolute Gasteiger partial charge is 0.478 e. The van der Waals surface area contributed by atoms with Gasteiger partial charge in [0.15, 0.2) is 0 Å². The summed E-state index contributed by atoms with van der Waals surface area (Å²) in [7, 11) is 0. The van der Waals surface area contributed by atoms with E-state index in [1.165, 1.54) is 13.0 Å². The molecular weight excluding hydrogens is 216 g/mol. The summed E-state index contributed by atoms with van der Waals surface area (Å²) < 4.78 is 26.3. The monoisotopic (exact) mass is 227 g/mol. The molecule has 3 nitrogen and oxygen atoms in total. The molecular formula is C11H11F2NO2. The molecule has 0 bridgehead atoms. The fraction of sp³-hybridized carbons (Fsp3) is 0.182. The van der Waals surface area contributed by atoms with Crippen molar-refractivity contribution >= 4 is 11.7 Å². The number of hydrogen-bond acceptors (Lipinski definition) is 2. The molecule has 0 aliphatic rings. The van der Waals surface area contributed by atoms with Gasteiger partial charge in [-0.05, 0) is 18.6 Å². The zero-order chi connectivity index (χ0) is 12.1. The summed E-state index contributed by atoms with van der Waals surface area (Å²) in [4.78, 5) is 10.1. The molecule has 0 aromatic heterocycles. The lowest BCUT2D eigenvalue weighted by molar-refractivity contribution is -0.131. The summed E-state index contributed by atoms with van der Waals surface area (Å²) in [5.41, 5.74) is 0.238. The maximum Gasteiger partial charge on any atom is 0.328 e. The van der Waals surface area contributed by atoms with Gasteiger partial charge < -0.3 is 10.4 Å². The Balaban J connectivity index is 2.67. The van der Waals surface area contributed by atoms with E-state index in [4.69, 9.17) is 5.11 Å². The first-order valence-electron chi connectivity index (χ1n) is 4.59. The third kappa shape index (κ3) is 3.34. The number of carboxylic acids is 1. The van der Waals surface area contributed by atoms with Gasteiger partial charge in [0.2, 0.25) is 0 Å². The molecule has 0 amide bonds. The molecule has 0 saturated carbocycles. The molecule has 0 aliphatic heterocycles. The number of anilines is 1. The molecule has 2 N–H and O–H groups in total. The number of aliphatic carboxylic acids is 1. The highest BCUT2D eigenvalue weighted by molar-refractivity contribution is 5.79. The molecule has 0 heterocycles. The smallest absolute Gasteiger partial charge is 0.328 e. The van der Waals surface area contributed by atoms with E-state index in [-0.39, 0.29) is 17.8 Å². The van der Waals surface area contributed by atoms with Crippen LogP contribution in [-0.2, 0) is 4.79 Å². The Bertz CT molecular complexity index is 430. The van der Waals surface area contributed by atoms with Crippen molar-refractivity contribution in [1.82, 2.24) is 0 Å². The van der Waals surface area contributed by atoms with Gasteiger partial charge >= 0.3 is 5.97 Å². The summed E-state index contributed by atoms with van der Waals surface area (Å²) in [6.45, 7) is 1.58. The third-order valence-corrected chi connectivity index (χ3v) is 1.92. The van der Waals surface area contributed by atoms with Crippen molar-refractivity contribution in [3.63, 3.8) is 0 Å². The van der Waals surface area contributed by atoms with Crippen molar-refractivity contribution in [2.75, 3.05) is 11.9 Å². The number of halogens is 2. The van der Waals surface area contributed by atoms with Crippen molar-refractivity contribution in [3.05, 3.63) is 41.5 Å². The van der Waals surface area contributed by atoms with Gasteiger partial charge in [-0.3, -0.25) is 0 Å². The third-order valence-electron chi connectivity index (χ3n) is 1.92. The maximum atomic E-state index is 13.2. The van der Waals surface area contributed by atoms with Crippen molar-refractivity contribution in [1.29, 1.82) is 0 Å². The lowest BCUT2D eigenvalue weighted by Crippen LogP contribution is -2.03. The Kier molecular flexibility index (Phi) is 3.99. The topological polar surface area (TPSA) is 49.3 Å². The number of rotatable bonds is 4. The van der Waals surface area contributed by atoms with E-state index < -0.39 is 17.6 Å². The number of nitrogens with one attached hydrogen (secondary N) is 1. The predicted octanol–water partition coefficient (Wildman–Crippen LogP) is 2.33. The molecule has 1 aromatic carbocycles. The SMILES string of the molecule is Cc1cc(F)c(NC/C=C/C(=O)O)cc1F. The van der Waals surface area contributed by atoms with Crippen LogP contribution in [0.2, 0.25) is 0 Å². The average molecular weight is 227 g/mol. The van der Waals surface area contributed by atoms with Crippen LogP contribution < -0.4 is 5.32 Å². The van der Waals surface area contributed by atoms with Crippen molar-refractivity contribution in [3.8, 4) is 0 Å². The van der Waals surface area contributed by atoms with Crippen molar-refractivity contribution in [2.45, 2.75) is 6.92 Å². The van der Waals surface area contributed by atoms with E-state index in [0.717, 1.165) is 18.2 Å². The van der Waals surface area contributed by atoms with E-state index >= 15 is 0 Å². The van der Waals surface area contributed by atoms with Crippen LogP contribution in [0.5, 0.6) is 0 Å². The summed E-state index contributed by atoms with van der Waals surface area (Å²) in [5.74, 6) is -2.16. The lowest BCUT2D eigenvalue weighted by atomic mass is 10.2. The zero-order valence-electron chi connectivity index (χ0n) is 8.63. The number of aryl methyl sites for hydroxylation is 1. The number of hydrogen-bond donors (Lipinski definition) is 2. The minimum absolute atomic E-state index is 0.0122. The van der Waals surface area contributed by atoms with Crippen molar-refractivity contribution in [2.24, 2.45) is 0 Å². The van der Waals surface area contributed by atoms with E-state index in [1.807, 2.05) is 0 Å². The highest BCUT2D eigenvalue weighted by atomic mass is 19.1. The number of carbonyl (C=O) groups is 1. The van der Waals surface area contributed by atoms with E-state index in [9.17, 15) is 13.6 Å². The second kappa shape index (κ2) is 5.25. The molecule has 0 radical (unpaired) electrons. The first kappa shape index (κ1) is 12.2. The molecule has 0 aliphatic carbocycles. The van der Waals surface area contributed by atoms with E-state index in [0.29, 0.717) is 0 Å². The Morgan fingerprint density at radius 3 is 2.75 bits per heavy atom. The van der Waals surface area contributed by atoms with Gasteiger partial charge in [-0.2, -0.15) is 0 Å². The fourth-order valence-corrected chi connectivity index (χ4v) is 1.11. The molecule has 1 rings (SSSR count). The average Bonchev–Trinajstić information content (AvgIpc) is 2.19. The molecule has 0 saturated heterocycles. The zero-order valence-corrected chi connectivity index (χ0v) is 8.63. The second-order valence-electron chi connectivity index (χ2n) is 3.20. The van der Waals surface area contributed by atoms with Gasteiger partial charge in [0.1, 0.15) is 11.6 Å². The van der Waals surface area contributed by atoms with Crippen LogP contribution in [-0.4, -0.2) is 17.6 Å². The van der Waals surface area contributed by atoms with Gasteiger partial charge in [-0.1, -0.05) is 6.08 Å². The van der Waals surface area contributed by atoms with Crippen LogP contribution in [0.15, 0.2) is 24.3 Å². The molecule has 0 spiro atoms. The second-order valence-corrected chi connectivity index (χ2v) is 3.20. The Hall–Kier alpha value is -1.91. The molecule has 5 heteroatoms. The minimum Gasteiger partial charge on any atom is -0.478 e. The summed E-state index contributed by atoms with van der Waals surface area (Å²) in [6, 6.07) is 2.12. The lowest BCUT2D eigenvalue weighted by Gasteiger charge is -2.06. The van der Waals surface area contributed by atoms with Gasteiger partial charge in [-0.25, -0.2) is 13.6 Å². The molecule has 16 heavy (non-hydrogen) atoms. The van der Waals surface area contributed by atoms with Crippen LogP contribution in [0.1, 0.15) is 5.56 Å². The summed E-state index contributed by atoms with van der Waals surface area (Å²) in [5, 5.41) is 10.9. The maximum absolute atomic E-state index is 13.2. The standard InChI is InChI=1S/C11H11F2NO2/c1-7-5-9(13)10(6-8(7)12)14-4-2-3-11(15)16/h2-3,5-6,14H,4H2,1H3,(H,15,16)/b3-2+. The molecule has 0 fully saturated rings. The first-order chi connectivity index (χ1) is 7.50. The number of carboxylic acid groups (broad SMARTS) is 1. The highest BCUT2D eigenvalue weighted by Gasteiger charge is 2.05. The quantitative estimate of drug-likeness (QED) is 0.776.